The maximum Gasteiger partial charge on any atom is 0.271 e. The second kappa shape index (κ2) is 5.52. The zero-order valence-corrected chi connectivity index (χ0v) is 11.2. The Morgan fingerprint density at radius 1 is 1.21 bits per heavy atom. The fraction of sp³-hybridized carbons (Fsp3) is 0.200. The highest BCUT2D eigenvalue weighted by Gasteiger charge is 2.08. The predicted molar refractivity (Wildman–Crippen MR) is 74.3 cm³/mol. The van der Waals surface area contributed by atoms with E-state index >= 15 is 0 Å². The van der Waals surface area contributed by atoms with Crippen LogP contribution in [-0.4, -0.2) is 11.6 Å². The minimum atomic E-state index is -0.224. The van der Waals surface area contributed by atoms with Crippen LogP contribution < -0.4 is 5.43 Å². The highest BCUT2D eigenvalue weighted by Crippen LogP contribution is 2.14. The van der Waals surface area contributed by atoms with Gasteiger partial charge in [-0.3, -0.25) is 4.79 Å². The predicted octanol–water partition coefficient (Wildman–Crippen LogP) is 3.05. The van der Waals surface area contributed by atoms with Crippen molar-refractivity contribution in [3.63, 3.8) is 0 Å². The minimum Gasteiger partial charge on any atom is -0.466 e. The summed E-state index contributed by atoms with van der Waals surface area (Å²) in [6, 6.07) is 10.9. The molecule has 1 heterocycles. The van der Waals surface area contributed by atoms with Crippen LogP contribution in [-0.2, 0) is 0 Å². The van der Waals surface area contributed by atoms with Crippen molar-refractivity contribution < 1.29 is 9.21 Å². The fourth-order valence-electron chi connectivity index (χ4n) is 1.84. The molecule has 0 bridgehead atoms. The third-order valence-electron chi connectivity index (χ3n) is 2.79. The van der Waals surface area contributed by atoms with Crippen molar-refractivity contribution in [1.29, 1.82) is 0 Å². The van der Waals surface area contributed by atoms with Crippen LogP contribution in [0.2, 0.25) is 0 Å². The zero-order valence-electron chi connectivity index (χ0n) is 11.2. The Morgan fingerprint density at radius 3 is 2.47 bits per heavy atom. The SMILES string of the molecule is CC(=NNC(=O)c1ccccc1)c1cc(C)oc1C. The summed E-state index contributed by atoms with van der Waals surface area (Å²) >= 11 is 0. The van der Waals surface area contributed by atoms with E-state index in [4.69, 9.17) is 4.42 Å². The smallest absolute Gasteiger partial charge is 0.271 e. The molecule has 2 rings (SSSR count). The standard InChI is InChI=1S/C15H16N2O2/c1-10-9-14(12(3)19-10)11(2)16-17-15(18)13-7-5-4-6-8-13/h4-9H,1-3H3,(H,17,18). The van der Waals surface area contributed by atoms with E-state index in [1.165, 1.54) is 0 Å². The molecule has 0 saturated carbocycles. The van der Waals surface area contributed by atoms with Crippen LogP contribution in [0, 0.1) is 13.8 Å². The first-order valence-corrected chi connectivity index (χ1v) is 6.05. The molecule has 0 atom stereocenters. The lowest BCUT2D eigenvalue weighted by Gasteiger charge is -2.01. The number of aryl methyl sites for hydroxylation is 2. The monoisotopic (exact) mass is 256 g/mol. The molecule has 1 N–H and O–H groups in total. The highest BCUT2D eigenvalue weighted by atomic mass is 16.3. The lowest BCUT2D eigenvalue weighted by atomic mass is 10.2. The average Bonchev–Trinajstić information content (AvgIpc) is 2.75. The molecule has 0 unspecified atom stereocenters. The van der Waals surface area contributed by atoms with E-state index in [0.29, 0.717) is 5.56 Å². The van der Waals surface area contributed by atoms with Crippen LogP contribution in [0.3, 0.4) is 0 Å². The maximum atomic E-state index is 11.8. The minimum absolute atomic E-state index is 0.224. The summed E-state index contributed by atoms with van der Waals surface area (Å²) in [7, 11) is 0. The summed E-state index contributed by atoms with van der Waals surface area (Å²) in [5, 5.41) is 4.10. The molecule has 1 aromatic carbocycles. The number of nitrogens with one attached hydrogen (secondary N) is 1. The number of hydrogen-bond donors (Lipinski definition) is 1. The molecule has 98 valence electrons. The van der Waals surface area contributed by atoms with Crippen molar-refractivity contribution in [1.82, 2.24) is 5.43 Å². The van der Waals surface area contributed by atoms with Crippen LogP contribution in [0.1, 0.15) is 34.4 Å². The second-order valence-corrected chi connectivity index (χ2v) is 4.33. The number of rotatable bonds is 3. The highest BCUT2D eigenvalue weighted by molar-refractivity contribution is 6.01. The van der Waals surface area contributed by atoms with Crippen molar-refractivity contribution in [2.45, 2.75) is 20.8 Å². The number of nitrogens with zero attached hydrogens (tertiary/aromatic N) is 1. The molecule has 0 aliphatic rings. The lowest BCUT2D eigenvalue weighted by Crippen LogP contribution is -2.19. The Morgan fingerprint density at radius 2 is 1.89 bits per heavy atom. The van der Waals surface area contributed by atoms with Crippen molar-refractivity contribution in [3.05, 3.63) is 59.0 Å². The van der Waals surface area contributed by atoms with Gasteiger partial charge in [0.05, 0.1) is 5.71 Å². The number of hydrogen-bond acceptors (Lipinski definition) is 3. The lowest BCUT2D eigenvalue weighted by molar-refractivity contribution is 0.0955. The molecule has 1 amide bonds. The van der Waals surface area contributed by atoms with Crippen LogP contribution >= 0.6 is 0 Å². The fourth-order valence-corrected chi connectivity index (χ4v) is 1.84. The summed E-state index contributed by atoms with van der Waals surface area (Å²) in [6.45, 7) is 5.59. The number of hydrazone groups is 1. The molecule has 19 heavy (non-hydrogen) atoms. The third-order valence-corrected chi connectivity index (χ3v) is 2.79. The zero-order chi connectivity index (χ0) is 13.8. The topological polar surface area (TPSA) is 54.6 Å². The number of benzene rings is 1. The first-order valence-electron chi connectivity index (χ1n) is 6.05. The molecular weight excluding hydrogens is 240 g/mol. The normalized spacial score (nSPS) is 11.4. The van der Waals surface area contributed by atoms with E-state index in [1.807, 2.05) is 45.0 Å². The van der Waals surface area contributed by atoms with Gasteiger partial charge in [0.15, 0.2) is 0 Å². The summed E-state index contributed by atoms with van der Waals surface area (Å²) < 4.78 is 5.43. The molecule has 0 spiro atoms. The first-order chi connectivity index (χ1) is 9.08. The van der Waals surface area contributed by atoms with E-state index in [-0.39, 0.29) is 5.91 Å². The van der Waals surface area contributed by atoms with E-state index in [1.54, 1.807) is 12.1 Å². The van der Waals surface area contributed by atoms with Crippen molar-refractivity contribution in [2.24, 2.45) is 5.10 Å². The van der Waals surface area contributed by atoms with Gasteiger partial charge in [-0.15, -0.1) is 0 Å². The van der Waals surface area contributed by atoms with E-state index in [0.717, 1.165) is 22.8 Å². The summed E-state index contributed by atoms with van der Waals surface area (Å²) in [4.78, 5) is 11.8. The van der Waals surface area contributed by atoms with Crippen LogP contribution in [0.15, 0.2) is 45.9 Å². The van der Waals surface area contributed by atoms with Gasteiger partial charge in [-0.2, -0.15) is 5.10 Å². The van der Waals surface area contributed by atoms with Crippen LogP contribution in [0.5, 0.6) is 0 Å². The van der Waals surface area contributed by atoms with Gasteiger partial charge >= 0.3 is 0 Å². The van der Waals surface area contributed by atoms with Gasteiger partial charge < -0.3 is 4.42 Å². The van der Waals surface area contributed by atoms with Crippen molar-refractivity contribution in [2.75, 3.05) is 0 Å². The van der Waals surface area contributed by atoms with Crippen LogP contribution in [0.4, 0.5) is 0 Å². The molecule has 0 saturated heterocycles. The third kappa shape index (κ3) is 3.10. The number of carbonyl (C=O) groups is 1. The van der Waals surface area contributed by atoms with Crippen LogP contribution in [0.25, 0.3) is 0 Å². The van der Waals surface area contributed by atoms with Gasteiger partial charge in [0.2, 0.25) is 0 Å². The summed E-state index contributed by atoms with van der Waals surface area (Å²) in [6.07, 6.45) is 0. The molecule has 0 fully saturated rings. The number of amides is 1. The van der Waals surface area contributed by atoms with E-state index in [9.17, 15) is 4.79 Å². The molecule has 2 aromatic rings. The summed E-state index contributed by atoms with van der Waals surface area (Å²) in [5.41, 5.74) is 4.75. The molecule has 4 nitrogen and oxygen atoms in total. The van der Waals surface area contributed by atoms with Crippen molar-refractivity contribution in [3.8, 4) is 0 Å². The van der Waals surface area contributed by atoms with E-state index in [2.05, 4.69) is 10.5 Å². The summed E-state index contributed by atoms with van der Waals surface area (Å²) in [5.74, 6) is 1.40. The van der Waals surface area contributed by atoms with Gasteiger partial charge in [-0.1, -0.05) is 18.2 Å². The Hall–Kier alpha value is -2.36. The maximum absolute atomic E-state index is 11.8. The second-order valence-electron chi connectivity index (χ2n) is 4.33. The molecule has 1 aromatic heterocycles. The molecular formula is C15H16N2O2. The Kier molecular flexibility index (Phi) is 3.80. The molecule has 4 heteroatoms. The quantitative estimate of drug-likeness (QED) is 0.677. The molecule has 0 aliphatic carbocycles. The van der Waals surface area contributed by atoms with E-state index < -0.39 is 0 Å². The van der Waals surface area contributed by atoms with Gasteiger partial charge in [-0.05, 0) is 39.0 Å². The van der Waals surface area contributed by atoms with Gasteiger partial charge in [0, 0.05) is 11.1 Å². The number of furan rings is 1. The van der Waals surface area contributed by atoms with Gasteiger partial charge in [0.1, 0.15) is 11.5 Å². The number of carbonyl (C=O) groups excluding carboxylic acids is 1. The average molecular weight is 256 g/mol. The van der Waals surface area contributed by atoms with Gasteiger partial charge in [-0.25, -0.2) is 5.43 Å². The Balaban J connectivity index is 2.11. The first kappa shape index (κ1) is 13.1. The largest absolute Gasteiger partial charge is 0.466 e. The Labute approximate surface area is 112 Å². The Bertz CT molecular complexity index is 612. The molecule has 0 radical (unpaired) electrons. The van der Waals surface area contributed by atoms with Gasteiger partial charge in [0.25, 0.3) is 5.91 Å². The molecule has 0 aliphatic heterocycles. The van der Waals surface area contributed by atoms with Crippen molar-refractivity contribution >= 4 is 11.6 Å².